The summed E-state index contributed by atoms with van der Waals surface area (Å²) in [5.41, 5.74) is 4.76. The molecule has 3 aliphatic carbocycles. The molecular weight excluding hydrogens is 344 g/mol. The molecule has 1 aliphatic heterocycles. The molecular formula is C25H34N2O. The Morgan fingerprint density at radius 2 is 1.96 bits per heavy atom. The van der Waals surface area contributed by atoms with E-state index in [4.69, 9.17) is 0 Å². The van der Waals surface area contributed by atoms with Crippen molar-refractivity contribution in [3.8, 4) is 0 Å². The van der Waals surface area contributed by atoms with Gasteiger partial charge in [-0.3, -0.25) is 9.78 Å². The molecule has 28 heavy (non-hydrogen) atoms. The summed E-state index contributed by atoms with van der Waals surface area (Å²) < 4.78 is 0. The number of aromatic nitrogens is 1. The lowest BCUT2D eigenvalue weighted by molar-refractivity contribution is -0.134. The van der Waals surface area contributed by atoms with Crippen LogP contribution in [0.25, 0.3) is 5.57 Å². The second-order valence-corrected chi connectivity index (χ2v) is 10.5. The Labute approximate surface area is 169 Å². The van der Waals surface area contributed by atoms with Gasteiger partial charge in [0.15, 0.2) is 0 Å². The van der Waals surface area contributed by atoms with Crippen molar-refractivity contribution in [1.29, 1.82) is 0 Å². The Kier molecular flexibility index (Phi) is 4.06. The minimum absolute atomic E-state index is 0.282. The summed E-state index contributed by atoms with van der Waals surface area (Å²) >= 11 is 0. The number of hydrogen-bond donors (Lipinski definition) is 0. The molecule has 2 saturated carbocycles. The predicted octanol–water partition coefficient (Wildman–Crippen LogP) is 5.25. The van der Waals surface area contributed by atoms with Crippen molar-refractivity contribution in [3.63, 3.8) is 0 Å². The molecule has 3 nitrogen and oxygen atoms in total. The highest BCUT2D eigenvalue weighted by atomic mass is 16.2. The van der Waals surface area contributed by atoms with Crippen molar-refractivity contribution >= 4 is 11.5 Å². The fourth-order valence-electron chi connectivity index (χ4n) is 7.91. The number of allylic oxidation sites excluding steroid dienone is 2. The van der Waals surface area contributed by atoms with E-state index in [-0.39, 0.29) is 5.91 Å². The van der Waals surface area contributed by atoms with Crippen LogP contribution < -0.4 is 0 Å². The molecule has 0 N–H and O–H groups in total. The van der Waals surface area contributed by atoms with Gasteiger partial charge in [-0.25, -0.2) is 0 Å². The summed E-state index contributed by atoms with van der Waals surface area (Å²) in [6, 6.07) is 2.80. The van der Waals surface area contributed by atoms with Crippen LogP contribution in [0.1, 0.15) is 70.4 Å². The van der Waals surface area contributed by atoms with Crippen molar-refractivity contribution in [3.05, 3.63) is 35.7 Å². The molecule has 0 radical (unpaired) electrons. The standard InChI is InChI=1S/C25H34N2O/c1-16-13-18(15-26-14-16)20-6-7-21-19-5-8-23-25(4,11-12-27(23)17(2)28)22(19)9-10-24(20,21)3/h6,13-15,19,21-23H,5,7-12H2,1-4H3/t19-,21-,22-,23?,24+,25+/m0/s1. The molecule has 4 aliphatic rings. The molecule has 150 valence electrons. The fraction of sp³-hybridized carbons (Fsp3) is 0.680. The molecule has 1 aromatic heterocycles. The molecule has 3 fully saturated rings. The van der Waals surface area contributed by atoms with E-state index in [1.165, 1.54) is 49.7 Å². The van der Waals surface area contributed by atoms with Crippen molar-refractivity contribution in [2.45, 2.75) is 72.3 Å². The number of aryl methyl sites for hydroxylation is 1. The first-order valence-corrected chi connectivity index (χ1v) is 11.2. The third-order valence-electron chi connectivity index (χ3n) is 9.26. The lowest BCUT2D eigenvalue weighted by Crippen LogP contribution is -2.54. The van der Waals surface area contributed by atoms with Gasteiger partial charge in [0.05, 0.1) is 0 Å². The molecule has 2 heterocycles. The number of amides is 1. The van der Waals surface area contributed by atoms with Gasteiger partial charge in [-0.15, -0.1) is 0 Å². The van der Waals surface area contributed by atoms with E-state index in [1.807, 2.05) is 6.20 Å². The number of likely N-dealkylation sites (tertiary alicyclic amines) is 1. The topological polar surface area (TPSA) is 33.2 Å². The Morgan fingerprint density at radius 1 is 1.14 bits per heavy atom. The number of pyridine rings is 1. The van der Waals surface area contributed by atoms with Gasteiger partial charge in [-0.2, -0.15) is 0 Å². The minimum atomic E-state index is 0.282. The van der Waals surface area contributed by atoms with E-state index < -0.39 is 0 Å². The zero-order valence-electron chi connectivity index (χ0n) is 17.9. The number of hydrogen-bond acceptors (Lipinski definition) is 2. The van der Waals surface area contributed by atoms with E-state index in [0.29, 0.717) is 16.9 Å². The molecule has 3 heteroatoms. The van der Waals surface area contributed by atoms with Crippen molar-refractivity contribution in [1.82, 2.24) is 9.88 Å². The van der Waals surface area contributed by atoms with Gasteiger partial charge in [0.2, 0.25) is 5.91 Å². The number of carbonyl (C=O) groups is 1. The van der Waals surface area contributed by atoms with Gasteiger partial charge in [0, 0.05) is 31.9 Å². The SMILES string of the molecule is CC(=O)N1CC[C@@]2(C)C1CC[C@@H]1[C@@H]2CC[C@]2(C)C(c3cncc(C)c3)=CC[C@@H]12. The molecule has 0 aromatic carbocycles. The van der Waals surface area contributed by atoms with E-state index in [0.717, 1.165) is 24.3 Å². The maximum Gasteiger partial charge on any atom is 0.219 e. The van der Waals surface area contributed by atoms with E-state index >= 15 is 0 Å². The minimum Gasteiger partial charge on any atom is -0.339 e. The summed E-state index contributed by atoms with van der Waals surface area (Å²) in [6.07, 6.45) is 14.1. The van der Waals surface area contributed by atoms with Gasteiger partial charge in [-0.1, -0.05) is 19.9 Å². The summed E-state index contributed by atoms with van der Waals surface area (Å²) in [7, 11) is 0. The van der Waals surface area contributed by atoms with Crippen LogP contribution in [-0.2, 0) is 4.79 Å². The average molecular weight is 379 g/mol. The number of fused-ring (bicyclic) bond motifs is 5. The predicted molar refractivity (Wildman–Crippen MR) is 113 cm³/mol. The summed E-state index contributed by atoms with van der Waals surface area (Å²) in [6.45, 7) is 9.92. The molecule has 6 atom stereocenters. The number of rotatable bonds is 1. The zero-order valence-corrected chi connectivity index (χ0v) is 17.9. The summed E-state index contributed by atoms with van der Waals surface area (Å²) in [5, 5.41) is 0. The van der Waals surface area contributed by atoms with Crippen molar-refractivity contribution in [2.75, 3.05) is 6.54 Å². The number of carbonyl (C=O) groups excluding carboxylic acids is 1. The second-order valence-electron chi connectivity index (χ2n) is 10.5. The van der Waals surface area contributed by atoms with Crippen molar-refractivity contribution in [2.24, 2.45) is 28.6 Å². The molecule has 1 unspecified atom stereocenters. The molecule has 1 saturated heterocycles. The highest BCUT2D eigenvalue weighted by Gasteiger charge is 2.60. The third-order valence-corrected chi connectivity index (χ3v) is 9.26. The zero-order chi connectivity index (χ0) is 19.7. The van der Waals surface area contributed by atoms with Crippen LogP contribution in [0, 0.1) is 35.5 Å². The smallest absolute Gasteiger partial charge is 0.219 e. The van der Waals surface area contributed by atoms with Gasteiger partial charge in [0.1, 0.15) is 0 Å². The Morgan fingerprint density at radius 3 is 2.71 bits per heavy atom. The fourth-order valence-corrected chi connectivity index (χ4v) is 7.91. The van der Waals surface area contributed by atoms with Crippen LogP contribution in [0.5, 0.6) is 0 Å². The third kappa shape index (κ3) is 2.40. The molecule has 1 aromatic rings. The van der Waals surface area contributed by atoms with Gasteiger partial charge in [0.25, 0.3) is 0 Å². The van der Waals surface area contributed by atoms with Crippen LogP contribution in [-0.4, -0.2) is 28.4 Å². The lowest BCUT2D eigenvalue weighted by atomic mass is 9.48. The first-order chi connectivity index (χ1) is 13.3. The van der Waals surface area contributed by atoms with E-state index in [9.17, 15) is 4.79 Å². The van der Waals surface area contributed by atoms with Crippen LogP contribution in [0.4, 0.5) is 0 Å². The van der Waals surface area contributed by atoms with Gasteiger partial charge in [-0.05, 0) is 96.8 Å². The Balaban J connectivity index is 1.44. The van der Waals surface area contributed by atoms with Crippen LogP contribution in [0.15, 0.2) is 24.5 Å². The van der Waals surface area contributed by atoms with Crippen LogP contribution in [0.2, 0.25) is 0 Å². The highest BCUT2D eigenvalue weighted by molar-refractivity contribution is 5.74. The normalized spacial score (nSPS) is 41.9. The second kappa shape index (κ2) is 6.18. The van der Waals surface area contributed by atoms with Gasteiger partial charge < -0.3 is 4.90 Å². The maximum absolute atomic E-state index is 12.2. The Hall–Kier alpha value is -1.64. The molecule has 0 bridgehead atoms. The molecule has 1 amide bonds. The maximum atomic E-state index is 12.2. The average Bonchev–Trinajstić information content (AvgIpc) is 3.18. The van der Waals surface area contributed by atoms with Crippen molar-refractivity contribution < 1.29 is 4.79 Å². The first kappa shape index (κ1) is 18.4. The monoisotopic (exact) mass is 378 g/mol. The Bertz CT molecular complexity index is 845. The van der Waals surface area contributed by atoms with Crippen LogP contribution in [0.3, 0.4) is 0 Å². The molecule has 0 spiro atoms. The van der Waals surface area contributed by atoms with Crippen LogP contribution >= 0.6 is 0 Å². The van der Waals surface area contributed by atoms with Gasteiger partial charge >= 0.3 is 0 Å². The van der Waals surface area contributed by atoms with E-state index in [1.54, 1.807) is 12.5 Å². The summed E-state index contributed by atoms with van der Waals surface area (Å²) in [5.74, 6) is 2.62. The van der Waals surface area contributed by atoms with E-state index in [2.05, 4.69) is 49.0 Å². The quantitative estimate of drug-likeness (QED) is 0.669. The largest absolute Gasteiger partial charge is 0.339 e. The first-order valence-electron chi connectivity index (χ1n) is 11.2. The lowest BCUT2D eigenvalue weighted by Gasteiger charge is -2.57. The summed E-state index contributed by atoms with van der Waals surface area (Å²) in [4.78, 5) is 18.9. The highest BCUT2D eigenvalue weighted by Crippen LogP contribution is 2.66. The number of nitrogens with zero attached hydrogens (tertiary/aromatic N) is 2. The molecule has 5 rings (SSSR count).